The molecule has 3 amide bonds. The minimum absolute atomic E-state index is 0.0701. The van der Waals surface area contributed by atoms with Crippen molar-refractivity contribution in [2.24, 2.45) is 0 Å². The van der Waals surface area contributed by atoms with Crippen LogP contribution in [0, 0.1) is 0 Å². The molecule has 3 aliphatic heterocycles. The Bertz CT molecular complexity index is 692. The summed E-state index contributed by atoms with van der Waals surface area (Å²) >= 11 is 0. The number of carbonyl (C=O) groups excluding carboxylic acids is 2. The summed E-state index contributed by atoms with van der Waals surface area (Å²) in [6.07, 6.45) is 4.15. The number of unbranched alkanes of at least 4 members (excludes halogenated alkanes) is 1. The van der Waals surface area contributed by atoms with Gasteiger partial charge in [-0.1, -0.05) is 25.5 Å². The average Bonchev–Trinajstić information content (AvgIpc) is 3.05. The van der Waals surface area contributed by atoms with Gasteiger partial charge in [-0.2, -0.15) is 0 Å². The molecule has 3 heterocycles. The third-order valence-corrected chi connectivity index (χ3v) is 5.72. The molecule has 0 aromatic heterocycles. The van der Waals surface area contributed by atoms with Crippen LogP contribution in [0.2, 0.25) is 0 Å². The van der Waals surface area contributed by atoms with E-state index < -0.39 is 0 Å². The molecule has 3 fully saturated rings. The van der Waals surface area contributed by atoms with Gasteiger partial charge in [-0.25, -0.2) is 4.79 Å². The molecule has 7 heteroatoms. The lowest BCUT2D eigenvalue weighted by atomic mass is 10.1. The van der Waals surface area contributed by atoms with E-state index in [1.54, 1.807) is 11.9 Å². The molecule has 1 aromatic carbocycles. The van der Waals surface area contributed by atoms with E-state index in [2.05, 4.69) is 51.6 Å². The number of rotatable bonds is 4. The van der Waals surface area contributed by atoms with Crippen molar-refractivity contribution in [1.82, 2.24) is 20.4 Å². The van der Waals surface area contributed by atoms with Gasteiger partial charge in [0.15, 0.2) is 0 Å². The van der Waals surface area contributed by atoms with Crippen molar-refractivity contribution in [2.45, 2.75) is 51.1 Å². The number of urea groups is 1. The molecule has 1 aromatic rings. The van der Waals surface area contributed by atoms with Crippen LogP contribution in [-0.4, -0.2) is 60.4 Å². The second kappa shape index (κ2) is 6.89. The molecule has 0 radical (unpaired) electrons. The van der Waals surface area contributed by atoms with Crippen LogP contribution in [0.15, 0.2) is 24.3 Å². The molecule has 4 rings (SSSR count). The summed E-state index contributed by atoms with van der Waals surface area (Å²) < 4.78 is 0. The molecule has 26 heavy (non-hydrogen) atoms. The topological polar surface area (TPSA) is 67.9 Å². The minimum atomic E-state index is -0.339. The van der Waals surface area contributed by atoms with Gasteiger partial charge >= 0.3 is 6.03 Å². The maximum absolute atomic E-state index is 12.4. The van der Waals surface area contributed by atoms with Gasteiger partial charge in [0, 0.05) is 25.8 Å². The number of nitrogens with one attached hydrogen (secondary N) is 2. The Balaban J connectivity index is 1.56. The zero-order valence-corrected chi connectivity index (χ0v) is 15.4. The minimum Gasteiger partial charge on any atom is -0.343 e. The normalized spacial score (nSPS) is 28.8. The molecule has 3 unspecified atom stereocenters. The Labute approximate surface area is 154 Å². The highest BCUT2D eigenvalue weighted by Crippen LogP contribution is 2.31. The standard InChI is InChI=1S/C19H27N5O2/c1-3-4-6-13-7-9-14(10-8-13)23-11-5-12-24-15-16(20-18(23)24)22(2)19(26)21-17(15)25/h7-10,15-16,18,20H,3-6,11-12H2,1-2H3,(H,21,25,26). The Kier molecular flexibility index (Phi) is 4.58. The van der Waals surface area contributed by atoms with Crippen LogP contribution in [0.1, 0.15) is 31.7 Å². The number of amides is 3. The summed E-state index contributed by atoms with van der Waals surface area (Å²) in [6, 6.07) is 8.08. The molecule has 140 valence electrons. The highest BCUT2D eigenvalue weighted by molar-refractivity contribution is 6.00. The Hall–Kier alpha value is -2.12. The number of carbonyl (C=O) groups is 2. The number of aryl methyl sites for hydroxylation is 1. The molecule has 0 saturated carbocycles. The highest BCUT2D eigenvalue weighted by atomic mass is 16.2. The van der Waals surface area contributed by atoms with Gasteiger partial charge in [0.2, 0.25) is 5.91 Å². The fourth-order valence-corrected chi connectivity index (χ4v) is 4.27. The summed E-state index contributed by atoms with van der Waals surface area (Å²) in [4.78, 5) is 30.4. The van der Waals surface area contributed by atoms with Crippen molar-refractivity contribution in [2.75, 3.05) is 25.0 Å². The van der Waals surface area contributed by atoms with Crippen LogP contribution in [-0.2, 0) is 11.2 Å². The van der Waals surface area contributed by atoms with Crippen LogP contribution in [0.4, 0.5) is 10.5 Å². The predicted octanol–water partition coefficient (Wildman–Crippen LogP) is 1.30. The Morgan fingerprint density at radius 3 is 2.65 bits per heavy atom. The summed E-state index contributed by atoms with van der Waals surface area (Å²) in [7, 11) is 1.73. The smallest absolute Gasteiger partial charge is 0.325 e. The summed E-state index contributed by atoms with van der Waals surface area (Å²) in [5.41, 5.74) is 2.52. The first-order valence-electron chi connectivity index (χ1n) is 9.55. The molecule has 2 N–H and O–H groups in total. The van der Waals surface area contributed by atoms with Gasteiger partial charge < -0.3 is 9.80 Å². The molecule has 3 atom stereocenters. The van der Waals surface area contributed by atoms with Gasteiger partial charge in [-0.3, -0.25) is 20.3 Å². The molecule has 3 saturated heterocycles. The van der Waals surface area contributed by atoms with Crippen LogP contribution >= 0.6 is 0 Å². The second-order valence-corrected chi connectivity index (χ2v) is 7.39. The van der Waals surface area contributed by atoms with Gasteiger partial charge in [-0.05, 0) is 37.0 Å². The van der Waals surface area contributed by atoms with E-state index in [0.29, 0.717) is 0 Å². The summed E-state index contributed by atoms with van der Waals surface area (Å²) in [5.74, 6) is -0.204. The number of nitrogens with zero attached hydrogens (tertiary/aromatic N) is 3. The molecular weight excluding hydrogens is 330 g/mol. The molecule has 0 spiro atoms. The Morgan fingerprint density at radius 2 is 1.92 bits per heavy atom. The number of benzene rings is 1. The van der Waals surface area contributed by atoms with Crippen LogP contribution in [0.3, 0.4) is 0 Å². The number of hydrogen-bond donors (Lipinski definition) is 2. The lowest BCUT2D eigenvalue weighted by Gasteiger charge is -2.42. The number of fused-ring (bicyclic) bond motifs is 3. The molecular formula is C19H27N5O2. The quantitative estimate of drug-likeness (QED) is 0.850. The zero-order chi connectivity index (χ0) is 18.3. The van der Waals surface area contributed by atoms with Crippen LogP contribution in [0.5, 0.6) is 0 Å². The van der Waals surface area contributed by atoms with E-state index in [-0.39, 0.29) is 30.4 Å². The lowest BCUT2D eigenvalue weighted by Crippen LogP contribution is -2.65. The highest BCUT2D eigenvalue weighted by Gasteiger charge is 2.53. The average molecular weight is 357 g/mol. The fourth-order valence-electron chi connectivity index (χ4n) is 4.27. The number of imide groups is 1. The summed E-state index contributed by atoms with van der Waals surface area (Å²) in [5, 5.41) is 5.96. The SMILES string of the molecule is CCCCc1ccc(N2CCCN3C4C(=O)NC(=O)N(C)C4NC23)cc1. The van der Waals surface area contributed by atoms with E-state index in [9.17, 15) is 9.59 Å². The first kappa shape index (κ1) is 17.3. The molecule has 0 aliphatic carbocycles. The first-order chi connectivity index (χ1) is 12.6. The predicted molar refractivity (Wildman–Crippen MR) is 99.5 cm³/mol. The van der Waals surface area contributed by atoms with Crippen molar-refractivity contribution >= 4 is 17.6 Å². The van der Waals surface area contributed by atoms with Crippen molar-refractivity contribution in [1.29, 1.82) is 0 Å². The molecule has 7 nitrogen and oxygen atoms in total. The van der Waals surface area contributed by atoms with Crippen molar-refractivity contribution in [3.05, 3.63) is 29.8 Å². The van der Waals surface area contributed by atoms with Crippen molar-refractivity contribution in [3.63, 3.8) is 0 Å². The van der Waals surface area contributed by atoms with Gasteiger partial charge in [0.1, 0.15) is 18.5 Å². The largest absolute Gasteiger partial charge is 0.343 e. The van der Waals surface area contributed by atoms with Crippen LogP contribution < -0.4 is 15.5 Å². The van der Waals surface area contributed by atoms with E-state index in [0.717, 1.165) is 31.6 Å². The number of likely N-dealkylation sites (N-methyl/N-ethyl adjacent to an activating group) is 1. The monoisotopic (exact) mass is 357 g/mol. The maximum Gasteiger partial charge on any atom is 0.325 e. The fraction of sp³-hybridized carbons (Fsp3) is 0.579. The third-order valence-electron chi connectivity index (χ3n) is 5.72. The van der Waals surface area contributed by atoms with Gasteiger partial charge in [0.05, 0.1) is 0 Å². The summed E-state index contributed by atoms with van der Waals surface area (Å²) in [6.45, 7) is 3.99. The van der Waals surface area contributed by atoms with Crippen LogP contribution in [0.25, 0.3) is 0 Å². The Morgan fingerprint density at radius 1 is 1.15 bits per heavy atom. The van der Waals surface area contributed by atoms with E-state index in [1.807, 2.05) is 0 Å². The zero-order valence-electron chi connectivity index (χ0n) is 15.4. The third kappa shape index (κ3) is 2.85. The van der Waals surface area contributed by atoms with E-state index in [4.69, 9.17) is 0 Å². The van der Waals surface area contributed by atoms with E-state index in [1.165, 1.54) is 18.4 Å². The molecule has 3 aliphatic rings. The maximum atomic E-state index is 12.4. The number of anilines is 1. The molecule has 0 bridgehead atoms. The van der Waals surface area contributed by atoms with E-state index >= 15 is 0 Å². The number of hydrogen-bond acceptors (Lipinski definition) is 5. The van der Waals surface area contributed by atoms with Gasteiger partial charge in [-0.15, -0.1) is 0 Å². The second-order valence-electron chi connectivity index (χ2n) is 7.39. The lowest BCUT2D eigenvalue weighted by molar-refractivity contribution is -0.128. The van der Waals surface area contributed by atoms with Gasteiger partial charge in [0.25, 0.3) is 0 Å². The van der Waals surface area contributed by atoms with Crippen molar-refractivity contribution in [3.8, 4) is 0 Å². The first-order valence-corrected chi connectivity index (χ1v) is 9.55. The van der Waals surface area contributed by atoms with Crippen molar-refractivity contribution < 1.29 is 9.59 Å².